The van der Waals surface area contributed by atoms with Gasteiger partial charge in [0.25, 0.3) is 11.7 Å². The van der Waals surface area contributed by atoms with Crippen LogP contribution in [0.15, 0.2) is 30.6 Å². The van der Waals surface area contributed by atoms with Gasteiger partial charge >= 0.3 is 12.1 Å². The van der Waals surface area contributed by atoms with Crippen LogP contribution in [0, 0.1) is 13.8 Å². The van der Waals surface area contributed by atoms with Gasteiger partial charge in [0.15, 0.2) is 6.61 Å². The third-order valence-corrected chi connectivity index (χ3v) is 4.43. The molecule has 0 aliphatic rings. The van der Waals surface area contributed by atoms with Crippen molar-refractivity contribution in [1.82, 2.24) is 19.6 Å². The average molecular weight is 421 g/mol. The van der Waals surface area contributed by atoms with Crippen LogP contribution < -0.4 is 5.32 Å². The third kappa shape index (κ3) is 4.91. The number of benzene rings is 1. The number of ether oxygens (including phenoxy) is 1. The maximum absolute atomic E-state index is 12.5. The predicted molar refractivity (Wildman–Crippen MR) is 99.6 cm³/mol. The second kappa shape index (κ2) is 8.47. The number of hydrogen-bond donors (Lipinski definition) is 1. The molecule has 1 amide bonds. The average Bonchev–Trinajstić information content (AvgIpc) is 3.14. The number of alkyl halides is 3. The summed E-state index contributed by atoms with van der Waals surface area (Å²) in [5.41, 5.74) is 1.71. The van der Waals surface area contributed by atoms with Crippen molar-refractivity contribution < 1.29 is 27.5 Å². The van der Waals surface area contributed by atoms with E-state index in [2.05, 4.69) is 20.4 Å². The second-order valence-corrected chi connectivity index (χ2v) is 6.52. The Bertz CT molecular complexity index is 1080. The second-order valence-electron chi connectivity index (χ2n) is 6.52. The van der Waals surface area contributed by atoms with Gasteiger partial charge in [0, 0.05) is 23.5 Å². The molecule has 11 heteroatoms. The summed E-state index contributed by atoms with van der Waals surface area (Å²) >= 11 is 0. The Morgan fingerprint density at radius 1 is 1.17 bits per heavy atom. The van der Waals surface area contributed by atoms with E-state index in [1.54, 1.807) is 11.4 Å². The fourth-order valence-corrected chi connectivity index (χ4v) is 2.90. The molecule has 0 spiro atoms. The first kappa shape index (κ1) is 21.2. The SMILES string of the molecule is Cc1nc2ncnn2c(C)c1CCC(=O)OCC(=O)Nc1ccc(C(F)(F)F)cc1. The molecule has 2 heterocycles. The van der Waals surface area contributed by atoms with E-state index < -0.39 is 30.2 Å². The summed E-state index contributed by atoms with van der Waals surface area (Å²) in [7, 11) is 0. The van der Waals surface area contributed by atoms with Crippen LogP contribution in [0.3, 0.4) is 0 Å². The zero-order valence-electron chi connectivity index (χ0n) is 16.2. The summed E-state index contributed by atoms with van der Waals surface area (Å²) in [4.78, 5) is 32.2. The van der Waals surface area contributed by atoms with Crippen molar-refractivity contribution in [2.75, 3.05) is 11.9 Å². The third-order valence-electron chi connectivity index (χ3n) is 4.43. The molecule has 0 radical (unpaired) electrons. The van der Waals surface area contributed by atoms with Gasteiger partial charge in [-0.25, -0.2) is 9.50 Å². The standard InChI is InChI=1S/C19H18F3N5O3/c1-11-15(12(2)27-18(25-11)23-10-24-27)7-8-17(29)30-9-16(28)26-14-5-3-13(4-6-14)19(20,21)22/h3-6,10H,7-9H2,1-2H3,(H,26,28). The summed E-state index contributed by atoms with van der Waals surface area (Å²) < 4.78 is 44.1. The number of hydrogen-bond acceptors (Lipinski definition) is 6. The number of carbonyl (C=O) groups excluding carboxylic acids is 2. The molecule has 1 N–H and O–H groups in total. The Morgan fingerprint density at radius 2 is 1.87 bits per heavy atom. The van der Waals surface area contributed by atoms with E-state index in [1.807, 2.05) is 6.92 Å². The van der Waals surface area contributed by atoms with Gasteiger partial charge in [-0.3, -0.25) is 9.59 Å². The number of fused-ring (bicyclic) bond motifs is 1. The van der Waals surface area contributed by atoms with Crippen LogP contribution >= 0.6 is 0 Å². The highest BCUT2D eigenvalue weighted by Crippen LogP contribution is 2.29. The maximum Gasteiger partial charge on any atom is 0.416 e. The zero-order chi connectivity index (χ0) is 21.9. The highest BCUT2D eigenvalue weighted by atomic mass is 19.4. The minimum Gasteiger partial charge on any atom is -0.456 e. The molecule has 0 aliphatic carbocycles. The molecular weight excluding hydrogens is 403 g/mol. The fraction of sp³-hybridized carbons (Fsp3) is 0.316. The molecule has 1 aromatic carbocycles. The molecule has 30 heavy (non-hydrogen) atoms. The van der Waals surface area contributed by atoms with Crippen molar-refractivity contribution in [1.29, 1.82) is 0 Å². The largest absolute Gasteiger partial charge is 0.456 e. The summed E-state index contributed by atoms with van der Waals surface area (Å²) in [6, 6.07) is 3.96. The van der Waals surface area contributed by atoms with E-state index >= 15 is 0 Å². The Hall–Kier alpha value is -3.50. The molecule has 0 saturated heterocycles. The lowest BCUT2D eigenvalue weighted by molar-refractivity contribution is -0.147. The summed E-state index contributed by atoms with van der Waals surface area (Å²) in [6.45, 7) is 3.10. The van der Waals surface area contributed by atoms with E-state index in [9.17, 15) is 22.8 Å². The van der Waals surface area contributed by atoms with E-state index in [-0.39, 0.29) is 12.1 Å². The fourth-order valence-electron chi connectivity index (χ4n) is 2.90. The smallest absolute Gasteiger partial charge is 0.416 e. The molecule has 0 aliphatic heterocycles. The van der Waals surface area contributed by atoms with Gasteiger partial charge in [0.1, 0.15) is 6.33 Å². The number of rotatable bonds is 6. The molecule has 0 saturated carbocycles. The van der Waals surface area contributed by atoms with Gasteiger partial charge in [-0.05, 0) is 50.1 Å². The van der Waals surface area contributed by atoms with Crippen LogP contribution in [-0.2, 0) is 26.9 Å². The Morgan fingerprint density at radius 3 is 2.53 bits per heavy atom. The van der Waals surface area contributed by atoms with E-state index in [0.717, 1.165) is 41.2 Å². The highest BCUT2D eigenvalue weighted by Gasteiger charge is 2.30. The molecule has 0 atom stereocenters. The number of carbonyl (C=O) groups is 2. The van der Waals surface area contributed by atoms with Crippen LogP contribution in [0.4, 0.5) is 18.9 Å². The van der Waals surface area contributed by atoms with Crippen LogP contribution in [0.25, 0.3) is 5.78 Å². The van der Waals surface area contributed by atoms with Crippen molar-refractivity contribution in [3.05, 3.63) is 53.1 Å². The van der Waals surface area contributed by atoms with E-state index in [1.165, 1.54) is 6.33 Å². The summed E-state index contributed by atoms with van der Waals surface area (Å²) in [5, 5.41) is 6.45. The molecule has 158 valence electrons. The number of halogens is 3. The number of esters is 1. The number of nitrogens with zero attached hydrogens (tertiary/aromatic N) is 4. The monoisotopic (exact) mass is 421 g/mol. The molecule has 2 aromatic heterocycles. The summed E-state index contributed by atoms with van der Waals surface area (Å²) in [5.74, 6) is -0.771. The molecular formula is C19H18F3N5O3. The van der Waals surface area contributed by atoms with Gasteiger partial charge in [-0.1, -0.05) is 0 Å². The van der Waals surface area contributed by atoms with Crippen molar-refractivity contribution in [2.24, 2.45) is 0 Å². The Balaban J connectivity index is 1.49. The van der Waals surface area contributed by atoms with Crippen LogP contribution in [0.5, 0.6) is 0 Å². The lowest BCUT2D eigenvalue weighted by Crippen LogP contribution is -2.21. The normalized spacial score (nSPS) is 11.5. The minimum absolute atomic E-state index is 0.0249. The molecule has 8 nitrogen and oxygen atoms in total. The first-order valence-corrected chi connectivity index (χ1v) is 8.93. The van der Waals surface area contributed by atoms with E-state index in [0.29, 0.717) is 12.2 Å². The van der Waals surface area contributed by atoms with Crippen molar-refractivity contribution in [3.63, 3.8) is 0 Å². The molecule has 3 rings (SSSR count). The van der Waals surface area contributed by atoms with Crippen LogP contribution in [0.1, 0.15) is 28.9 Å². The van der Waals surface area contributed by atoms with Gasteiger partial charge in [0.05, 0.1) is 5.56 Å². The maximum atomic E-state index is 12.5. The van der Waals surface area contributed by atoms with Gasteiger partial charge in [0.2, 0.25) is 0 Å². The lowest BCUT2D eigenvalue weighted by Gasteiger charge is -2.11. The van der Waals surface area contributed by atoms with Crippen molar-refractivity contribution in [2.45, 2.75) is 32.9 Å². The quantitative estimate of drug-likeness (QED) is 0.615. The lowest BCUT2D eigenvalue weighted by atomic mass is 10.1. The highest BCUT2D eigenvalue weighted by molar-refractivity contribution is 5.92. The Labute approximate surface area is 169 Å². The first-order valence-electron chi connectivity index (χ1n) is 8.93. The number of aromatic nitrogens is 4. The molecule has 0 fully saturated rings. The summed E-state index contributed by atoms with van der Waals surface area (Å²) in [6.07, 6.45) is -2.69. The van der Waals surface area contributed by atoms with Crippen molar-refractivity contribution in [3.8, 4) is 0 Å². The first-order chi connectivity index (χ1) is 14.1. The minimum atomic E-state index is -4.46. The number of aryl methyl sites for hydroxylation is 2. The van der Waals surface area contributed by atoms with E-state index in [4.69, 9.17) is 4.74 Å². The molecule has 3 aromatic rings. The van der Waals surface area contributed by atoms with Crippen molar-refractivity contribution >= 4 is 23.3 Å². The van der Waals surface area contributed by atoms with Crippen LogP contribution in [-0.4, -0.2) is 38.1 Å². The predicted octanol–water partition coefficient (Wildman–Crippen LogP) is 2.87. The van der Waals surface area contributed by atoms with Gasteiger partial charge < -0.3 is 10.1 Å². The van der Waals surface area contributed by atoms with Crippen LogP contribution in [0.2, 0.25) is 0 Å². The van der Waals surface area contributed by atoms with Gasteiger partial charge in [-0.15, -0.1) is 0 Å². The zero-order valence-corrected chi connectivity index (χ0v) is 16.2. The Kier molecular flexibility index (Phi) is 5.99. The number of nitrogens with one attached hydrogen (secondary N) is 1. The molecule has 0 unspecified atom stereocenters. The topological polar surface area (TPSA) is 98.5 Å². The molecule has 0 bridgehead atoms. The number of amides is 1. The number of anilines is 1. The van der Waals surface area contributed by atoms with Gasteiger partial charge in [-0.2, -0.15) is 23.3 Å².